The molecule has 0 amide bonds. The zero-order valence-corrected chi connectivity index (χ0v) is 35.0. The molecule has 2 spiro atoms. The minimum Gasteiger partial charge on any atom is -0.324 e. The molecule has 5 heteroatoms. The quantitative estimate of drug-likeness (QED) is 0.271. The van der Waals surface area contributed by atoms with Crippen molar-refractivity contribution >= 4 is 29.6 Å². The third-order valence-electron chi connectivity index (χ3n) is 19.9. The molecule has 11 fully saturated rings. The molecule has 44 heavy (non-hydrogen) atoms. The molecule has 2 heterocycles. The molecule has 0 aromatic heterocycles. The van der Waals surface area contributed by atoms with Gasteiger partial charge in [0, 0.05) is 13.6 Å². The number of hydrogen-bond donors (Lipinski definition) is 0. The van der Waals surface area contributed by atoms with E-state index in [4.69, 9.17) is 0 Å². The van der Waals surface area contributed by atoms with Crippen LogP contribution in [0.2, 0.25) is 46.0 Å². The molecule has 8 bridgehead atoms. The van der Waals surface area contributed by atoms with Gasteiger partial charge in [-0.2, -0.15) is 0 Å². The second-order valence-corrected chi connectivity index (χ2v) is 58.1. The van der Waals surface area contributed by atoms with Gasteiger partial charge < -0.3 is 4.57 Å². The first-order valence-corrected chi connectivity index (χ1v) is 33.2. The predicted octanol–water partition coefficient (Wildman–Crippen LogP) is 11.2. The van der Waals surface area contributed by atoms with Gasteiger partial charge >= 0.3 is 0 Å². The topological polar surface area (TPSA) is 3.24 Å². The van der Waals surface area contributed by atoms with Crippen molar-refractivity contribution in [2.24, 2.45) is 47.3 Å². The van der Waals surface area contributed by atoms with Gasteiger partial charge in [-0.15, -0.1) is 0 Å². The van der Waals surface area contributed by atoms with E-state index in [9.17, 15) is 0 Å². The molecule has 0 aromatic carbocycles. The summed E-state index contributed by atoms with van der Waals surface area (Å²) in [6, 6.07) is 0.981. The molecule has 2 aliphatic heterocycles. The van der Waals surface area contributed by atoms with Crippen molar-refractivity contribution in [3.63, 3.8) is 0 Å². The zero-order valence-electron chi connectivity index (χ0n) is 31.0. The molecular weight excluding hydrogens is 595 g/mol. The van der Waals surface area contributed by atoms with Crippen molar-refractivity contribution in [3.8, 4) is 0 Å². The average Bonchev–Trinajstić information content (AvgIpc) is 3.40. The molecule has 2 atom stereocenters. The molecule has 0 N–H and O–H groups in total. The molecule has 9 saturated carbocycles. The highest BCUT2D eigenvalue weighted by molar-refractivity contribution is 7.98. The third kappa shape index (κ3) is 3.01. The standard InChI is InChI=1S/C39H71NSi4/c1-36(2,3)41(7,8)43-38(31-18-27-16-28(20-31)21-32(38)19-27)26-40(35-14-12-11-13-15-35)44(43,42(9,10)37(4,5)6)39(43)33-22-29-17-30(24-33)25-34(39)23-29/h27-35H,11-26H2,1-10H3. The molecule has 0 radical (unpaired) electrons. The van der Waals surface area contributed by atoms with E-state index >= 15 is 0 Å². The van der Waals surface area contributed by atoms with Crippen LogP contribution in [0.25, 0.3) is 0 Å². The van der Waals surface area contributed by atoms with Crippen LogP contribution < -0.4 is 0 Å². The van der Waals surface area contributed by atoms with Crippen LogP contribution in [0.1, 0.15) is 138 Å². The molecule has 2 unspecified atom stereocenters. The Kier molecular flexibility index (Phi) is 6.27. The molecule has 248 valence electrons. The molecule has 0 aromatic rings. The Morgan fingerprint density at radius 2 is 0.955 bits per heavy atom. The van der Waals surface area contributed by atoms with Crippen molar-refractivity contribution in [1.29, 1.82) is 0 Å². The van der Waals surface area contributed by atoms with Gasteiger partial charge in [-0.05, 0) is 151 Å². The van der Waals surface area contributed by atoms with Crippen molar-refractivity contribution in [3.05, 3.63) is 0 Å². The van der Waals surface area contributed by atoms with E-state index in [1.807, 2.05) is 0 Å². The molecule has 1 nitrogen and oxygen atoms in total. The lowest BCUT2D eigenvalue weighted by molar-refractivity contribution is -0.0454. The molecular formula is C39H71NSi4. The van der Waals surface area contributed by atoms with Crippen LogP contribution in [-0.2, 0) is 0 Å². The lowest BCUT2D eigenvalue weighted by Gasteiger charge is -2.70. The first-order chi connectivity index (χ1) is 20.5. The lowest BCUT2D eigenvalue weighted by Crippen LogP contribution is -2.76. The van der Waals surface area contributed by atoms with Gasteiger partial charge in [-0.1, -0.05) is 87.0 Å². The summed E-state index contributed by atoms with van der Waals surface area (Å²) in [7, 11) is -6.90. The summed E-state index contributed by atoms with van der Waals surface area (Å²) >= 11 is 0. The maximum absolute atomic E-state index is 3.85. The maximum atomic E-state index is 3.85. The van der Waals surface area contributed by atoms with Gasteiger partial charge in [-0.3, -0.25) is 0 Å². The predicted molar refractivity (Wildman–Crippen MR) is 199 cm³/mol. The van der Waals surface area contributed by atoms with Crippen LogP contribution in [0.15, 0.2) is 0 Å². The van der Waals surface area contributed by atoms with Gasteiger partial charge in [0.05, 0.1) is 14.7 Å². The van der Waals surface area contributed by atoms with E-state index in [1.54, 1.807) is 96.4 Å². The Hall–Kier alpha value is 0.828. The fraction of sp³-hybridized carbons (Fsp3) is 1.00. The maximum Gasteiger partial charge on any atom is 0.112 e. The fourth-order valence-electron chi connectivity index (χ4n) is 18.1. The third-order valence-corrected chi connectivity index (χ3v) is 90.9. The monoisotopic (exact) mass is 665 g/mol. The SMILES string of the molecule is CC(C)(C)[Si](C)(C)[Si]12N(C3CCCCC3)CC3(C4CC5CC(C4)CC3C5)[Si]1([Si](C)(C)C(C)(C)C)C21C2CC3CC(C2)CC1C3. The van der Waals surface area contributed by atoms with E-state index in [1.165, 1.54) is 18.3 Å². The Balaban J connectivity index is 1.42. The van der Waals surface area contributed by atoms with E-state index in [-0.39, 0.29) is 0 Å². The van der Waals surface area contributed by atoms with Crippen molar-refractivity contribution in [1.82, 2.24) is 4.57 Å². The highest BCUT2D eigenvalue weighted by Crippen LogP contribution is 2.98. The average molecular weight is 666 g/mol. The van der Waals surface area contributed by atoms with Crippen LogP contribution in [0, 0.1) is 47.3 Å². The number of nitrogens with zero attached hydrogens (tertiary/aromatic N) is 1. The second-order valence-electron chi connectivity index (χ2n) is 22.6. The van der Waals surface area contributed by atoms with Gasteiger partial charge in [0.2, 0.25) is 0 Å². The van der Waals surface area contributed by atoms with Crippen molar-refractivity contribution in [2.45, 2.75) is 190 Å². The van der Waals surface area contributed by atoms with Crippen LogP contribution >= 0.6 is 0 Å². The first-order valence-electron chi connectivity index (χ1n) is 20.3. The summed E-state index contributed by atoms with van der Waals surface area (Å²) in [6.45, 7) is 31.3. The number of rotatable bonds is 3. The molecule has 9 aliphatic carbocycles. The molecule has 2 saturated heterocycles. The van der Waals surface area contributed by atoms with Gasteiger partial charge in [0.15, 0.2) is 0 Å². The van der Waals surface area contributed by atoms with Gasteiger partial charge in [0.1, 0.15) is 7.27 Å². The highest BCUT2D eigenvalue weighted by Gasteiger charge is 3.08. The minimum absolute atomic E-state index is 0.530. The van der Waals surface area contributed by atoms with Crippen molar-refractivity contribution < 1.29 is 0 Å². The zero-order chi connectivity index (χ0) is 31.1. The normalized spacial score (nSPS) is 53.3. The van der Waals surface area contributed by atoms with Gasteiger partial charge in [-0.25, -0.2) is 0 Å². The van der Waals surface area contributed by atoms with E-state index in [2.05, 4.69) is 72.3 Å². The fourth-order valence-corrected chi connectivity index (χ4v) is 139. The van der Waals surface area contributed by atoms with Crippen molar-refractivity contribution in [2.75, 3.05) is 6.54 Å². The van der Waals surface area contributed by atoms with E-state index in [0.29, 0.717) is 10.1 Å². The summed E-state index contributed by atoms with van der Waals surface area (Å²) in [4.78, 5) is 0. The number of fused-ring (bicyclic) bond motifs is 1. The Morgan fingerprint density at radius 1 is 0.545 bits per heavy atom. The Morgan fingerprint density at radius 3 is 1.36 bits per heavy atom. The second kappa shape index (κ2) is 8.94. The summed E-state index contributed by atoms with van der Waals surface area (Å²) in [5.74, 6) is 9.10. The summed E-state index contributed by atoms with van der Waals surface area (Å²) < 4.78 is 4.76. The van der Waals surface area contributed by atoms with Gasteiger partial charge in [0.25, 0.3) is 0 Å². The van der Waals surface area contributed by atoms with Crippen LogP contribution in [-0.4, -0.2) is 46.7 Å². The largest absolute Gasteiger partial charge is 0.324 e. The minimum atomic E-state index is -1.81. The van der Waals surface area contributed by atoms with Crippen LogP contribution in [0.4, 0.5) is 0 Å². The summed E-state index contributed by atoms with van der Waals surface area (Å²) in [5, 5.41) is 1.89. The summed E-state index contributed by atoms with van der Waals surface area (Å²) in [5.41, 5.74) is 0. The van der Waals surface area contributed by atoms with E-state index < -0.39 is 29.6 Å². The van der Waals surface area contributed by atoms with E-state index in [0.717, 1.165) is 51.2 Å². The van der Waals surface area contributed by atoms with Crippen LogP contribution in [0.3, 0.4) is 0 Å². The lowest BCUT2D eigenvalue weighted by atomic mass is 9.51. The highest BCUT2D eigenvalue weighted by atomic mass is 29.9. The molecule has 11 rings (SSSR count). The number of hydrogen-bond acceptors (Lipinski definition) is 1. The first kappa shape index (κ1) is 30.9. The Labute approximate surface area is 276 Å². The molecule has 11 aliphatic rings. The Bertz CT molecular complexity index is 1160. The smallest absolute Gasteiger partial charge is 0.112 e. The van der Waals surface area contributed by atoms with Crippen LogP contribution in [0.5, 0.6) is 0 Å². The summed E-state index contributed by atoms with van der Waals surface area (Å²) in [6.07, 6.45) is 24.6.